The molecule has 1 unspecified atom stereocenters. The molecular weight excluding hydrogens is 470 g/mol. The summed E-state index contributed by atoms with van der Waals surface area (Å²) < 4.78 is 105. The maximum Gasteiger partial charge on any atom is 0.534 e. The monoisotopic (exact) mass is 488 g/mol. The maximum atomic E-state index is 13.2. The fraction of sp³-hybridized carbons (Fsp3) is 0.400. The molecule has 0 aromatic heterocycles. The van der Waals surface area contributed by atoms with Gasteiger partial charge in [0, 0.05) is 0 Å². The van der Waals surface area contributed by atoms with Crippen LogP contribution in [0, 0.1) is 5.92 Å². The van der Waals surface area contributed by atoms with E-state index in [0.717, 1.165) is 24.3 Å². The summed E-state index contributed by atoms with van der Waals surface area (Å²) >= 11 is 5.63. The van der Waals surface area contributed by atoms with Crippen LogP contribution in [0.2, 0.25) is 5.02 Å². The fourth-order valence-electron chi connectivity index (χ4n) is 3.06. The molecule has 2 aromatic carbocycles. The van der Waals surface area contributed by atoms with Crippen LogP contribution in [0.25, 0.3) is 11.1 Å². The van der Waals surface area contributed by atoms with E-state index in [2.05, 4.69) is 4.18 Å². The van der Waals surface area contributed by atoms with Gasteiger partial charge in [-0.25, -0.2) is 0 Å². The molecule has 0 aliphatic heterocycles. The summed E-state index contributed by atoms with van der Waals surface area (Å²) in [6.45, 7) is 5.60. The fourth-order valence-corrected chi connectivity index (χ4v) is 3.73. The number of hydrogen-bond acceptors (Lipinski definition) is 3. The number of halogens is 7. The third-order valence-electron chi connectivity index (χ3n) is 4.42. The van der Waals surface area contributed by atoms with Crippen molar-refractivity contribution in [2.75, 3.05) is 0 Å². The minimum Gasteiger partial charge on any atom is -0.376 e. The van der Waals surface area contributed by atoms with E-state index in [1.807, 2.05) is 13.8 Å². The summed E-state index contributed by atoms with van der Waals surface area (Å²) in [6, 6.07) is 6.58. The molecule has 0 saturated carbocycles. The van der Waals surface area contributed by atoms with Crippen LogP contribution in [0.1, 0.15) is 44.2 Å². The highest BCUT2D eigenvalue weighted by Gasteiger charge is 2.48. The summed E-state index contributed by atoms with van der Waals surface area (Å²) in [5.41, 5.74) is -6.32. The molecule has 0 spiro atoms. The number of benzene rings is 2. The Hall–Kier alpha value is -1.94. The lowest BCUT2D eigenvalue weighted by Crippen LogP contribution is -2.28. The lowest BCUT2D eigenvalue weighted by atomic mass is 9.89. The molecule has 0 heterocycles. The van der Waals surface area contributed by atoms with E-state index in [1.165, 1.54) is 12.1 Å². The zero-order valence-electron chi connectivity index (χ0n) is 16.6. The standard InChI is InChI=1S/C20H19ClF6O3S/c1-11(2)6-12(3)14-7-15(9-16(8-14)30-31(28,29)20(25,26)27)13-4-5-18(21)17(10-13)19(22,23)24/h4-5,7-12H,6H2,1-3H3. The van der Waals surface area contributed by atoms with Gasteiger partial charge < -0.3 is 4.18 Å². The molecule has 1 atom stereocenters. The highest BCUT2D eigenvalue weighted by atomic mass is 35.5. The Kier molecular flexibility index (Phi) is 7.27. The zero-order valence-corrected chi connectivity index (χ0v) is 18.2. The molecule has 172 valence electrons. The quantitative estimate of drug-likeness (QED) is 0.242. The molecule has 3 nitrogen and oxygen atoms in total. The molecule has 0 aliphatic rings. The van der Waals surface area contributed by atoms with Crippen LogP contribution in [0.3, 0.4) is 0 Å². The van der Waals surface area contributed by atoms with Gasteiger partial charge in [0.2, 0.25) is 0 Å². The van der Waals surface area contributed by atoms with E-state index in [0.29, 0.717) is 12.0 Å². The van der Waals surface area contributed by atoms with Gasteiger partial charge in [0.25, 0.3) is 0 Å². The molecule has 0 bridgehead atoms. The second-order valence-corrected chi connectivity index (χ2v) is 9.44. The van der Waals surface area contributed by atoms with Crippen LogP contribution < -0.4 is 4.18 Å². The van der Waals surface area contributed by atoms with Crippen molar-refractivity contribution < 1.29 is 38.9 Å². The van der Waals surface area contributed by atoms with Gasteiger partial charge in [0.15, 0.2) is 0 Å². The first-order valence-corrected chi connectivity index (χ1v) is 10.8. The smallest absolute Gasteiger partial charge is 0.376 e. The Morgan fingerprint density at radius 3 is 2.06 bits per heavy atom. The largest absolute Gasteiger partial charge is 0.534 e. The molecule has 0 radical (unpaired) electrons. The summed E-state index contributed by atoms with van der Waals surface area (Å²) in [5.74, 6) is -0.677. The van der Waals surface area contributed by atoms with Gasteiger partial charge in [-0.1, -0.05) is 44.5 Å². The topological polar surface area (TPSA) is 43.4 Å². The van der Waals surface area contributed by atoms with Crippen molar-refractivity contribution in [1.29, 1.82) is 0 Å². The number of alkyl halides is 6. The van der Waals surface area contributed by atoms with Crippen molar-refractivity contribution in [3.05, 3.63) is 52.5 Å². The average molecular weight is 489 g/mol. The molecule has 0 aliphatic carbocycles. The van der Waals surface area contributed by atoms with Crippen molar-refractivity contribution in [3.8, 4) is 16.9 Å². The average Bonchev–Trinajstić information content (AvgIpc) is 2.58. The van der Waals surface area contributed by atoms with Crippen molar-refractivity contribution in [3.63, 3.8) is 0 Å². The summed E-state index contributed by atoms with van der Waals surface area (Å²) in [4.78, 5) is 0. The Morgan fingerprint density at radius 1 is 0.935 bits per heavy atom. The van der Waals surface area contributed by atoms with Crippen LogP contribution in [0.15, 0.2) is 36.4 Å². The van der Waals surface area contributed by atoms with E-state index in [4.69, 9.17) is 11.6 Å². The summed E-state index contributed by atoms with van der Waals surface area (Å²) in [6.07, 6.45) is -4.15. The highest BCUT2D eigenvalue weighted by molar-refractivity contribution is 7.88. The van der Waals surface area contributed by atoms with E-state index in [9.17, 15) is 34.8 Å². The van der Waals surface area contributed by atoms with Crippen molar-refractivity contribution >= 4 is 21.7 Å². The first-order valence-electron chi connectivity index (χ1n) is 9.04. The zero-order chi connectivity index (χ0) is 23.8. The Labute approximate surface area is 181 Å². The molecule has 2 aromatic rings. The van der Waals surface area contributed by atoms with Crippen molar-refractivity contribution in [1.82, 2.24) is 0 Å². The van der Waals surface area contributed by atoms with E-state index >= 15 is 0 Å². The highest BCUT2D eigenvalue weighted by Crippen LogP contribution is 2.39. The lowest BCUT2D eigenvalue weighted by Gasteiger charge is -2.18. The summed E-state index contributed by atoms with van der Waals surface area (Å²) in [5, 5.41) is -0.545. The van der Waals surface area contributed by atoms with Gasteiger partial charge >= 0.3 is 21.8 Å². The second-order valence-electron chi connectivity index (χ2n) is 7.50. The third-order valence-corrected chi connectivity index (χ3v) is 5.73. The molecular formula is C20H19ClF6O3S. The third kappa shape index (κ3) is 6.29. The van der Waals surface area contributed by atoms with Gasteiger partial charge in [-0.15, -0.1) is 0 Å². The van der Waals surface area contributed by atoms with Gasteiger partial charge in [0.1, 0.15) is 5.75 Å². The lowest BCUT2D eigenvalue weighted by molar-refractivity contribution is -0.137. The summed E-state index contributed by atoms with van der Waals surface area (Å²) in [7, 11) is -5.95. The number of rotatable bonds is 6. The van der Waals surface area contributed by atoms with Crippen LogP contribution in [0.5, 0.6) is 5.75 Å². The molecule has 0 N–H and O–H groups in total. The van der Waals surface area contributed by atoms with Crippen molar-refractivity contribution in [2.45, 2.75) is 44.8 Å². The van der Waals surface area contributed by atoms with Gasteiger partial charge in [-0.2, -0.15) is 34.8 Å². The minimum absolute atomic E-state index is 0.00965. The maximum absolute atomic E-state index is 13.2. The predicted molar refractivity (Wildman–Crippen MR) is 105 cm³/mol. The number of hydrogen-bond donors (Lipinski definition) is 0. The van der Waals surface area contributed by atoms with Crippen molar-refractivity contribution in [2.24, 2.45) is 5.92 Å². The van der Waals surface area contributed by atoms with E-state index in [-0.39, 0.29) is 23.0 Å². The Bertz CT molecular complexity index is 1050. The van der Waals surface area contributed by atoms with Crippen LogP contribution in [-0.2, 0) is 16.3 Å². The molecule has 0 fully saturated rings. The van der Waals surface area contributed by atoms with Crippen LogP contribution in [0.4, 0.5) is 26.3 Å². The normalized spacial score (nSPS) is 14.0. The van der Waals surface area contributed by atoms with E-state index < -0.39 is 38.1 Å². The van der Waals surface area contributed by atoms with Gasteiger partial charge in [-0.05, 0) is 59.2 Å². The molecule has 31 heavy (non-hydrogen) atoms. The minimum atomic E-state index is -5.95. The molecule has 0 saturated heterocycles. The van der Waals surface area contributed by atoms with E-state index in [1.54, 1.807) is 6.92 Å². The SMILES string of the molecule is CC(C)CC(C)c1cc(OS(=O)(=O)C(F)(F)F)cc(-c2ccc(Cl)c(C(F)(F)F)c2)c1. The Morgan fingerprint density at radius 2 is 1.55 bits per heavy atom. The van der Waals surface area contributed by atoms with Gasteiger partial charge in [0.05, 0.1) is 10.6 Å². The first-order chi connectivity index (χ1) is 14.0. The van der Waals surface area contributed by atoms with Crippen LogP contribution in [-0.4, -0.2) is 13.9 Å². The second kappa shape index (κ2) is 8.90. The Balaban J connectivity index is 2.65. The predicted octanol–water partition coefficient (Wildman–Crippen LogP) is 7.40. The molecule has 0 amide bonds. The van der Waals surface area contributed by atoms with Gasteiger partial charge in [-0.3, -0.25) is 0 Å². The molecule has 2 rings (SSSR count). The molecule has 11 heteroatoms. The first kappa shape index (κ1) is 25.3. The van der Waals surface area contributed by atoms with Crippen LogP contribution >= 0.6 is 11.6 Å².